The third-order valence-corrected chi connectivity index (χ3v) is 3.43. The molecule has 4 nitrogen and oxygen atoms in total. The molecule has 96 valence electrons. The second-order valence-corrected chi connectivity index (χ2v) is 4.69. The zero-order valence-electron chi connectivity index (χ0n) is 10.6. The molecular weight excluding hydrogens is 216 g/mol. The number of nitrogens with two attached hydrogens (primary N) is 1. The summed E-state index contributed by atoms with van der Waals surface area (Å²) >= 11 is 0. The van der Waals surface area contributed by atoms with Crippen molar-refractivity contribution in [3.63, 3.8) is 0 Å². The average Bonchev–Trinajstić information content (AvgIpc) is 2.83. The molecule has 0 saturated carbocycles. The maximum absolute atomic E-state index is 6.13. The first-order chi connectivity index (χ1) is 8.24. The van der Waals surface area contributed by atoms with Gasteiger partial charge in [0.15, 0.2) is 0 Å². The fourth-order valence-corrected chi connectivity index (χ4v) is 2.57. The summed E-state index contributed by atoms with van der Waals surface area (Å²) in [7, 11) is 0. The number of hydrogen-bond acceptors (Lipinski definition) is 4. The van der Waals surface area contributed by atoms with Crippen molar-refractivity contribution in [3.8, 4) is 0 Å². The molecule has 4 heteroatoms. The van der Waals surface area contributed by atoms with Gasteiger partial charge < -0.3 is 14.9 Å². The average molecular weight is 238 g/mol. The van der Waals surface area contributed by atoms with Crippen molar-refractivity contribution in [3.05, 3.63) is 24.2 Å². The van der Waals surface area contributed by atoms with Gasteiger partial charge in [-0.2, -0.15) is 0 Å². The molecule has 1 aromatic heterocycles. The molecule has 17 heavy (non-hydrogen) atoms. The fraction of sp³-hybridized carbons (Fsp3) is 0.692. The summed E-state index contributed by atoms with van der Waals surface area (Å²) in [5.74, 6) is 0.959. The smallest absolute Gasteiger partial charge is 0.122 e. The quantitative estimate of drug-likeness (QED) is 0.868. The van der Waals surface area contributed by atoms with Crippen LogP contribution in [0.2, 0.25) is 0 Å². The third-order valence-electron chi connectivity index (χ3n) is 3.43. The summed E-state index contributed by atoms with van der Waals surface area (Å²) in [5.41, 5.74) is 6.13. The highest BCUT2D eigenvalue weighted by Gasteiger charge is 2.33. The molecule has 0 aromatic carbocycles. The maximum atomic E-state index is 6.13. The van der Waals surface area contributed by atoms with Crippen LogP contribution < -0.4 is 5.73 Å². The van der Waals surface area contributed by atoms with Crippen molar-refractivity contribution in [2.45, 2.75) is 38.4 Å². The molecule has 3 unspecified atom stereocenters. The Morgan fingerprint density at radius 3 is 3.00 bits per heavy atom. The van der Waals surface area contributed by atoms with Gasteiger partial charge in [0, 0.05) is 18.6 Å². The van der Waals surface area contributed by atoms with Crippen molar-refractivity contribution in [2.75, 3.05) is 19.8 Å². The lowest BCUT2D eigenvalue weighted by atomic mass is 10.0. The Morgan fingerprint density at radius 2 is 2.41 bits per heavy atom. The molecule has 0 radical (unpaired) electrons. The van der Waals surface area contributed by atoms with Crippen molar-refractivity contribution in [2.24, 2.45) is 5.73 Å². The standard InChI is InChI=1S/C13H22N2O2/c1-3-11-9-16-8-6-15(11)13(10(2)14)12-5-4-7-17-12/h4-5,7,10-11,13H,3,6,8-9,14H2,1-2H3. The summed E-state index contributed by atoms with van der Waals surface area (Å²) in [6, 6.07) is 4.57. The molecule has 1 saturated heterocycles. The zero-order chi connectivity index (χ0) is 12.3. The molecule has 3 atom stereocenters. The largest absolute Gasteiger partial charge is 0.468 e. The van der Waals surface area contributed by atoms with Gasteiger partial charge in [-0.25, -0.2) is 0 Å². The lowest BCUT2D eigenvalue weighted by Crippen LogP contribution is -2.51. The molecule has 0 spiro atoms. The fourth-order valence-electron chi connectivity index (χ4n) is 2.57. The molecular formula is C13H22N2O2. The van der Waals surface area contributed by atoms with Gasteiger partial charge in [0.25, 0.3) is 0 Å². The van der Waals surface area contributed by atoms with Gasteiger partial charge in [-0.05, 0) is 25.5 Å². The van der Waals surface area contributed by atoms with Gasteiger partial charge in [0.1, 0.15) is 5.76 Å². The highest BCUT2D eigenvalue weighted by Crippen LogP contribution is 2.28. The number of ether oxygens (including phenoxy) is 1. The maximum Gasteiger partial charge on any atom is 0.122 e. The molecule has 0 aliphatic carbocycles. The van der Waals surface area contributed by atoms with Gasteiger partial charge in [-0.15, -0.1) is 0 Å². The third kappa shape index (κ3) is 2.70. The summed E-state index contributed by atoms with van der Waals surface area (Å²) in [5, 5.41) is 0. The Labute approximate surface area is 103 Å². The summed E-state index contributed by atoms with van der Waals surface area (Å²) < 4.78 is 11.1. The number of nitrogens with zero attached hydrogens (tertiary/aromatic N) is 1. The van der Waals surface area contributed by atoms with Crippen LogP contribution in [0.25, 0.3) is 0 Å². The molecule has 1 aliphatic heterocycles. The van der Waals surface area contributed by atoms with Crippen LogP contribution in [0.1, 0.15) is 32.1 Å². The second-order valence-electron chi connectivity index (χ2n) is 4.69. The molecule has 1 aliphatic rings. The summed E-state index contributed by atoms with van der Waals surface area (Å²) in [6.45, 7) is 6.72. The number of furan rings is 1. The number of rotatable bonds is 4. The molecule has 0 bridgehead atoms. The lowest BCUT2D eigenvalue weighted by molar-refractivity contribution is -0.0390. The van der Waals surface area contributed by atoms with E-state index in [0.29, 0.717) is 6.04 Å². The normalized spacial score (nSPS) is 25.7. The predicted molar refractivity (Wildman–Crippen MR) is 66.7 cm³/mol. The molecule has 2 N–H and O–H groups in total. The Morgan fingerprint density at radius 1 is 1.59 bits per heavy atom. The Balaban J connectivity index is 2.20. The van der Waals surface area contributed by atoms with Crippen molar-refractivity contribution >= 4 is 0 Å². The van der Waals surface area contributed by atoms with Crippen molar-refractivity contribution < 1.29 is 9.15 Å². The van der Waals surface area contributed by atoms with Crippen molar-refractivity contribution in [1.82, 2.24) is 4.90 Å². The molecule has 1 aromatic rings. The minimum atomic E-state index is 0.0494. The first kappa shape index (κ1) is 12.6. The van der Waals surface area contributed by atoms with Gasteiger partial charge in [0.2, 0.25) is 0 Å². The van der Waals surface area contributed by atoms with E-state index >= 15 is 0 Å². The first-order valence-corrected chi connectivity index (χ1v) is 6.36. The predicted octanol–water partition coefficient (Wildman–Crippen LogP) is 1.78. The van der Waals surface area contributed by atoms with Gasteiger partial charge in [0.05, 0.1) is 25.5 Å². The summed E-state index contributed by atoms with van der Waals surface area (Å²) in [6.07, 6.45) is 2.79. The van der Waals surface area contributed by atoms with E-state index in [4.69, 9.17) is 14.9 Å². The van der Waals surface area contributed by atoms with Crippen LogP contribution in [0.4, 0.5) is 0 Å². The van der Waals surface area contributed by atoms with Crippen LogP contribution in [0.3, 0.4) is 0 Å². The van der Waals surface area contributed by atoms with E-state index in [2.05, 4.69) is 11.8 Å². The number of morpholine rings is 1. The van der Waals surface area contributed by atoms with Crippen LogP contribution in [0.15, 0.2) is 22.8 Å². The highest BCUT2D eigenvalue weighted by atomic mass is 16.5. The van der Waals surface area contributed by atoms with E-state index < -0.39 is 0 Å². The molecule has 2 rings (SSSR count). The van der Waals surface area contributed by atoms with E-state index in [9.17, 15) is 0 Å². The van der Waals surface area contributed by atoms with Crippen LogP contribution in [-0.4, -0.2) is 36.7 Å². The lowest BCUT2D eigenvalue weighted by Gasteiger charge is -2.41. The van der Waals surface area contributed by atoms with Crippen LogP contribution in [-0.2, 0) is 4.74 Å². The van der Waals surface area contributed by atoms with E-state index in [1.165, 1.54) is 0 Å². The zero-order valence-corrected chi connectivity index (χ0v) is 10.6. The van der Waals surface area contributed by atoms with E-state index in [0.717, 1.165) is 31.9 Å². The highest BCUT2D eigenvalue weighted by molar-refractivity contribution is 5.08. The van der Waals surface area contributed by atoms with Crippen LogP contribution >= 0.6 is 0 Å². The minimum absolute atomic E-state index is 0.0494. The Bertz CT molecular complexity index is 324. The Kier molecular flexibility index (Phi) is 4.20. The molecule has 1 fully saturated rings. The minimum Gasteiger partial charge on any atom is -0.468 e. The van der Waals surface area contributed by atoms with E-state index in [-0.39, 0.29) is 12.1 Å². The molecule has 0 amide bonds. The first-order valence-electron chi connectivity index (χ1n) is 6.36. The van der Waals surface area contributed by atoms with Crippen molar-refractivity contribution in [1.29, 1.82) is 0 Å². The SMILES string of the molecule is CCC1COCCN1C(c1ccco1)C(C)N. The van der Waals surface area contributed by atoms with Gasteiger partial charge >= 0.3 is 0 Å². The molecule has 2 heterocycles. The van der Waals surface area contributed by atoms with E-state index in [1.807, 2.05) is 19.1 Å². The van der Waals surface area contributed by atoms with Crippen LogP contribution in [0.5, 0.6) is 0 Å². The monoisotopic (exact) mass is 238 g/mol. The second kappa shape index (κ2) is 5.67. The van der Waals surface area contributed by atoms with Gasteiger partial charge in [-0.3, -0.25) is 4.90 Å². The van der Waals surface area contributed by atoms with Crippen LogP contribution in [0, 0.1) is 0 Å². The van der Waals surface area contributed by atoms with Gasteiger partial charge in [-0.1, -0.05) is 6.92 Å². The summed E-state index contributed by atoms with van der Waals surface area (Å²) in [4.78, 5) is 2.42. The van der Waals surface area contributed by atoms with E-state index in [1.54, 1.807) is 6.26 Å². The number of hydrogen-bond donors (Lipinski definition) is 1. The topological polar surface area (TPSA) is 51.6 Å². The Hall–Kier alpha value is -0.840.